The Balaban J connectivity index is 2.07. The average molecular weight is 419 g/mol. The van der Waals surface area contributed by atoms with E-state index in [0.717, 1.165) is 0 Å². The molecule has 2 heterocycles. The van der Waals surface area contributed by atoms with Crippen LogP contribution in [0, 0.1) is 0 Å². The summed E-state index contributed by atoms with van der Waals surface area (Å²) in [6, 6.07) is 4.87. The first-order valence-corrected chi connectivity index (χ1v) is 8.63. The van der Waals surface area contributed by atoms with Gasteiger partial charge in [0.15, 0.2) is 0 Å². The molecule has 8 heteroatoms. The molecule has 0 N–H and O–H groups in total. The number of carbonyl (C=O) groups excluding carboxylic acids is 1. The molecule has 4 nitrogen and oxygen atoms in total. The molecule has 0 spiro atoms. The van der Waals surface area contributed by atoms with Gasteiger partial charge in [-0.25, -0.2) is 4.79 Å². The lowest BCUT2D eigenvalue weighted by atomic mass is 10.0. The van der Waals surface area contributed by atoms with E-state index >= 15 is 0 Å². The summed E-state index contributed by atoms with van der Waals surface area (Å²) in [6.07, 6.45) is -4.81. The highest BCUT2D eigenvalue weighted by atomic mass is 79.9. The van der Waals surface area contributed by atoms with E-state index in [4.69, 9.17) is 4.74 Å². The highest BCUT2D eigenvalue weighted by molar-refractivity contribution is 9.10. The van der Waals surface area contributed by atoms with Crippen LogP contribution < -0.4 is 0 Å². The molecule has 3 rings (SSSR count). The lowest BCUT2D eigenvalue weighted by Crippen LogP contribution is -2.41. The standard InChI is InChI=1S/C17H18BrF3N2O2/c1-16(2,3)25-15(24)22-7-6-12-11-5-4-10(18)8-13(11)23(14(12)9-22)17(19,20)21/h4-5,8H,6-7,9H2,1-3H3. The molecule has 0 bridgehead atoms. The van der Waals surface area contributed by atoms with E-state index in [1.807, 2.05) is 0 Å². The lowest BCUT2D eigenvalue weighted by molar-refractivity contribution is -0.202. The number of nitrogens with zero attached hydrogens (tertiary/aromatic N) is 2. The van der Waals surface area contributed by atoms with Crippen molar-refractivity contribution in [2.24, 2.45) is 0 Å². The van der Waals surface area contributed by atoms with Crippen molar-refractivity contribution >= 4 is 32.9 Å². The van der Waals surface area contributed by atoms with Gasteiger partial charge in [-0.1, -0.05) is 22.0 Å². The van der Waals surface area contributed by atoms with E-state index < -0.39 is 18.0 Å². The fourth-order valence-electron chi connectivity index (χ4n) is 3.10. The summed E-state index contributed by atoms with van der Waals surface area (Å²) in [4.78, 5) is 13.6. The van der Waals surface area contributed by atoms with Crippen molar-refractivity contribution in [3.05, 3.63) is 33.9 Å². The third-order valence-corrected chi connectivity index (χ3v) is 4.51. The van der Waals surface area contributed by atoms with Gasteiger partial charge in [0.2, 0.25) is 0 Å². The number of rotatable bonds is 0. The molecule has 0 unspecified atom stereocenters. The van der Waals surface area contributed by atoms with Gasteiger partial charge in [-0.15, -0.1) is 13.2 Å². The highest BCUT2D eigenvalue weighted by Crippen LogP contribution is 2.38. The summed E-state index contributed by atoms with van der Waals surface area (Å²) in [7, 11) is 0. The minimum absolute atomic E-state index is 0.0951. The molecule has 0 atom stereocenters. The average Bonchev–Trinajstić information content (AvgIpc) is 2.77. The van der Waals surface area contributed by atoms with Crippen molar-refractivity contribution in [3.8, 4) is 0 Å². The maximum Gasteiger partial charge on any atom is 0.489 e. The molecule has 0 saturated heterocycles. The Labute approximate surface area is 151 Å². The Morgan fingerprint density at radius 2 is 1.92 bits per heavy atom. The molecule has 1 aliphatic rings. The van der Waals surface area contributed by atoms with E-state index in [1.165, 1.54) is 11.0 Å². The maximum atomic E-state index is 13.7. The summed E-state index contributed by atoms with van der Waals surface area (Å²) in [5, 5.41) is 0.569. The quantitative estimate of drug-likeness (QED) is 0.591. The van der Waals surface area contributed by atoms with Crippen LogP contribution in [0.25, 0.3) is 10.9 Å². The molecule has 0 aliphatic carbocycles. The number of aromatic nitrogens is 1. The van der Waals surface area contributed by atoms with Crippen LogP contribution in [0.15, 0.2) is 22.7 Å². The Morgan fingerprint density at radius 3 is 2.52 bits per heavy atom. The van der Waals surface area contributed by atoms with Crippen molar-refractivity contribution in [3.63, 3.8) is 0 Å². The summed E-state index contributed by atoms with van der Waals surface area (Å²) >= 11 is 3.23. The Hall–Kier alpha value is -1.70. The van der Waals surface area contributed by atoms with Gasteiger partial charge in [0, 0.05) is 16.4 Å². The number of halogens is 4. The van der Waals surface area contributed by atoms with E-state index in [2.05, 4.69) is 15.9 Å². The van der Waals surface area contributed by atoms with Crippen LogP contribution in [0.1, 0.15) is 32.0 Å². The number of carbonyl (C=O) groups is 1. The first-order valence-electron chi connectivity index (χ1n) is 7.84. The molecular weight excluding hydrogens is 401 g/mol. The van der Waals surface area contributed by atoms with Crippen LogP contribution in [0.5, 0.6) is 0 Å². The monoisotopic (exact) mass is 418 g/mol. The zero-order chi connectivity index (χ0) is 18.6. The second-order valence-electron chi connectivity index (χ2n) is 7.04. The predicted molar refractivity (Wildman–Crippen MR) is 91.3 cm³/mol. The number of hydrogen-bond donors (Lipinski definition) is 0. The first kappa shape index (κ1) is 18.1. The number of benzene rings is 1. The van der Waals surface area contributed by atoms with Crippen molar-refractivity contribution in [2.45, 2.75) is 45.6 Å². The van der Waals surface area contributed by atoms with Gasteiger partial charge in [0.1, 0.15) is 5.60 Å². The second kappa shape index (κ2) is 5.93. The summed E-state index contributed by atoms with van der Waals surface area (Å²) in [5.41, 5.74) is 0.133. The van der Waals surface area contributed by atoms with E-state index in [9.17, 15) is 18.0 Å². The highest BCUT2D eigenvalue weighted by Gasteiger charge is 2.39. The Kier molecular flexibility index (Phi) is 4.29. The summed E-state index contributed by atoms with van der Waals surface area (Å²) < 4.78 is 47.3. The molecule has 1 aromatic carbocycles. The van der Waals surface area contributed by atoms with Gasteiger partial charge < -0.3 is 9.64 Å². The number of alkyl halides is 3. The topological polar surface area (TPSA) is 34.5 Å². The van der Waals surface area contributed by atoms with Crippen LogP contribution in [0.4, 0.5) is 18.0 Å². The van der Waals surface area contributed by atoms with E-state index in [-0.39, 0.29) is 17.8 Å². The van der Waals surface area contributed by atoms with Gasteiger partial charge in [-0.05, 0) is 44.9 Å². The third-order valence-electron chi connectivity index (χ3n) is 4.02. The fourth-order valence-corrected chi connectivity index (χ4v) is 3.45. The Bertz CT molecular complexity index is 837. The third kappa shape index (κ3) is 3.49. The van der Waals surface area contributed by atoms with E-state index in [0.29, 0.717) is 33.0 Å². The van der Waals surface area contributed by atoms with Crippen LogP contribution in [0.2, 0.25) is 0 Å². The Morgan fingerprint density at radius 1 is 1.24 bits per heavy atom. The van der Waals surface area contributed by atoms with Crippen LogP contribution in [-0.2, 0) is 24.0 Å². The van der Waals surface area contributed by atoms with Gasteiger partial charge >= 0.3 is 12.4 Å². The normalized spacial score (nSPS) is 15.4. The molecular formula is C17H18BrF3N2O2. The van der Waals surface area contributed by atoms with Crippen molar-refractivity contribution in [2.75, 3.05) is 6.54 Å². The minimum Gasteiger partial charge on any atom is -0.444 e. The number of fused-ring (bicyclic) bond motifs is 3. The van der Waals surface area contributed by atoms with Crippen LogP contribution in [-0.4, -0.2) is 27.7 Å². The number of amides is 1. The molecule has 1 aromatic heterocycles. The SMILES string of the molecule is CC(C)(C)OC(=O)N1CCc2c(n(C(F)(F)F)c3cc(Br)ccc23)C1. The minimum atomic E-state index is -4.57. The molecule has 25 heavy (non-hydrogen) atoms. The predicted octanol–water partition coefficient (Wildman–Crippen LogP) is 5.17. The van der Waals surface area contributed by atoms with Crippen molar-refractivity contribution in [1.82, 2.24) is 9.47 Å². The first-order chi connectivity index (χ1) is 11.5. The molecule has 0 fully saturated rings. The van der Waals surface area contributed by atoms with Gasteiger partial charge in [0.25, 0.3) is 0 Å². The number of ether oxygens (including phenoxy) is 1. The number of hydrogen-bond acceptors (Lipinski definition) is 2. The van der Waals surface area contributed by atoms with Gasteiger partial charge in [-0.2, -0.15) is 0 Å². The second-order valence-corrected chi connectivity index (χ2v) is 7.96. The fraction of sp³-hybridized carbons (Fsp3) is 0.471. The molecule has 2 aromatic rings. The zero-order valence-corrected chi connectivity index (χ0v) is 15.7. The summed E-state index contributed by atoms with van der Waals surface area (Å²) in [5.74, 6) is 0. The van der Waals surface area contributed by atoms with Crippen molar-refractivity contribution in [1.29, 1.82) is 0 Å². The smallest absolute Gasteiger partial charge is 0.444 e. The van der Waals surface area contributed by atoms with E-state index in [1.54, 1.807) is 32.9 Å². The molecule has 1 aliphatic heterocycles. The largest absolute Gasteiger partial charge is 0.489 e. The zero-order valence-electron chi connectivity index (χ0n) is 14.1. The van der Waals surface area contributed by atoms with Gasteiger partial charge in [-0.3, -0.25) is 4.57 Å². The van der Waals surface area contributed by atoms with Crippen molar-refractivity contribution < 1.29 is 22.7 Å². The molecule has 0 saturated carbocycles. The lowest BCUT2D eigenvalue weighted by Gasteiger charge is -2.31. The molecule has 136 valence electrons. The van der Waals surface area contributed by atoms with Gasteiger partial charge in [0.05, 0.1) is 17.8 Å². The maximum absolute atomic E-state index is 13.7. The summed E-state index contributed by atoms with van der Waals surface area (Å²) in [6.45, 7) is 5.38. The molecule has 1 amide bonds. The van der Waals surface area contributed by atoms with Crippen LogP contribution in [0.3, 0.4) is 0 Å². The molecule has 0 radical (unpaired) electrons. The van der Waals surface area contributed by atoms with Crippen LogP contribution >= 0.6 is 15.9 Å².